The first-order chi connectivity index (χ1) is 4.35. The highest BCUT2D eigenvalue weighted by Gasteiger charge is 2.06. The van der Waals surface area contributed by atoms with Gasteiger partial charge in [0.25, 0.3) is 0 Å². The monoisotopic (exact) mass is 164 g/mol. The van der Waals surface area contributed by atoms with E-state index in [2.05, 4.69) is 6.92 Å². The van der Waals surface area contributed by atoms with E-state index in [1.807, 2.05) is 6.92 Å². The lowest BCUT2D eigenvalue weighted by atomic mass is 10.6. The molecule has 0 rings (SSSR count). The van der Waals surface area contributed by atoms with Gasteiger partial charge in [-0.2, -0.15) is 0 Å². The Morgan fingerprint density at radius 2 is 2.11 bits per heavy atom. The van der Waals surface area contributed by atoms with Gasteiger partial charge in [0.15, 0.2) is 0 Å². The van der Waals surface area contributed by atoms with Crippen molar-refractivity contribution in [2.45, 2.75) is 26.3 Å². The predicted molar refractivity (Wildman–Crippen MR) is 44.9 cm³/mol. The Bertz CT molecular complexity index is 54.9. The molecule has 4 heteroatoms. The second-order valence-corrected chi connectivity index (χ2v) is 5.56. The molecule has 56 valence electrons. The Kier molecular flexibility index (Phi) is 6.73. The molecule has 0 saturated carbocycles. The SMILES string of the molecule is CCC[SiH](O[SiH3])OCC. The summed E-state index contributed by atoms with van der Waals surface area (Å²) in [4.78, 5) is 0. The molecule has 2 nitrogen and oxygen atoms in total. The Morgan fingerprint density at radius 3 is 2.44 bits per heavy atom. The second kappa shape index (κ2) is 6.47. The summed E-state index contributed by atoms with van der Waals surface area (Å²) >= 11 is 0. The first-order valence-corrected chi connectivity index (χ1v) is 6.07. The van der Waals surface area contributed by atoms with E-state index in [0.717, 1.165) is 23.1 Å². The maximum absolute atomic E-state index is 5.38. The molecule has 0 aromatic carbocycles. The summed E-state index contributed by atoms with van der Waals surface area (Å²) in [5.74, 6) is 0. The van der Waals surface area contributed by atoms with Gasteiger partial charge in [-0.05, 0) is 13.0 Å². The van der Waals surface area contributed by atoms with Gasteiger partial charge in [-0.1, -0.05) is 13.3 Å². The molecular weight excluding hydrogens is 148 g/mol. The number of hydrogen-bond acceptors (Lipinski definition) is 2. The zero-order valence-electron chi connectivity index (χ0n) is 6.52. The molecule has 0 saturated heterocycles. The van der Waals surface area contributed by atoms with Gasteiger partial charge in [-0.25, -0.2) is 0 Å². The molecule has 0 N–H and O–H groups in total. The van der Waals surface area contributed by atoms with Crippen LogP contribution in [0.25, 0.3) is 0 Å². The standard InChI is InChI=1S/C5H16O2Si2/c1-3-5-9(7-8)6-4-2/h9H,3-5H2,1-2,8H3. The topological polar surface area (TPSA) is 18.5 Å². The highest BCUT2D eigenvalue weighted by atomic mass is 28.3. The lowest BCUT2D eigenvalue weighted by molar-refractivity contribution is 0.287. The van der Waals surface area contributed by atoms with Crippen LogP contribution in [0.1, 0.15) is 20.3 Å². The van der Waals surface area contributed by atoms with Crippen molar-refractivity contribution in [1.82, 2.24) is 0 Å². The summed E-state index contributed by atoms with van der Waals surface area (Å²) in [7, 11) is -0.314. The van der Waals surface area contributed by atoms with E-state index in [1.165, 1.54) is 6.42 Å². The average Bonchev–Trinajstić information content (AvgIpc) is 1.88. The molecular formula is C5H16O2Si2. The quantitative estimate of drug-likeness (QED) is 0.531. The first-order valence-electron chi connectivity index (χ1n) is 3.49. The highest BCUT2D eigenvalue weighted by Crippen LogP contribution is 1.97. The van der Waals surface area contributed by atoms with Crippen LogP contribution < -0.4 is 0 Å². The summed E-state index contributed by atoms with van der Waals surface area (Å²) in [5.41, 5.74) is 0. The van der Waals surface area contributed by atoms with Crippen LogP contribution >= 0.6 is 0 Å². The van der Waals surface area contributed by atoms with Gasteiger partial charge >= 0.3 is 9.28 Å². The van der Waals surface area contributed by atoms with Gasteiger partial charge in [0.1, 0.15) is 10.5 Å². The van der Waals surface area contributed by atoms with Crippen molar-refractivity contribution in [3.8, 4) is 0 Å². The summed E-state index contributed by atoms with van der Waals surface area (Å²) < 4.78 is 10.7. The normalized spacial score (nSPS) is 14.0. The zero-order chi connectivity index (χ0) is 7.11. The number of rotatable bonds is 5. The van der Waals surface area contributed by atoms with Crippen molar-refractivity contribution in [2.24, 2.45) is 0 Å². The molecule has 0 aliphatic rings. The van der Waals surface area contributed by atoms with Crippen LogP contribution in [-0.4, -0.2) is 26.4 Å². The Balaban J connectivity index is 3.18. The second-order valence-electron chi connectivity index (χ2n) is 1.91. The molecule has 0 aromatic heterocycles. The van der Waals surface area contributed by atoms with Gasteiger partial charge in [0.05, 0.1) is 0 Å². The molecule has 0 fully saturated rings. The van der Waals surface area contributed by atoms with Gasteiger partial charge < -0.3 is 8.54 Å². The van der Waals surface area contributed by atoms with Crippen LogP contribution in [0.5, 0.6) is 0 Å². The fraction of sp³-hybridized carbons (Fsp3) is 1.00. The van der Waals surface area contributed by atoms with E-state index >= 15 is 0 Å². The molecule has 0 aliphatic heterocycles. The molecule has 0 heterocycles. The largest absolute Gasteiger partial charge is 0.447 e. The van der Waals surface area contributed by atoms with E-state index in [9.17, 15) is 0 Å². The van der Waals surface area contributed by atoms with Crippen LogP contribution in [0.15, 0.2) is 0 Å². The fourth-order valence-corrected chi connectivity index (χ4v) is 3.19. The van der Waals surface area contributed by atoms with Gasteiger partial charge in [-0.15, -0.1) is 0 Å². The molecule has 1 unspecified atom stereocenters. The van der Waals surface area contributed by atoms with Crippen LogP contribution in [0.4, 0.5) is 0 Å². The van der Waals surface area contributed by atoms with Crippen LogP contribution in [0.3, 0.4) is 0 Å². The molecule has 0 spiro atoms. The van der Waals surface area contributed by atoms with Crippen molar-refractivity contribution >= 4 is 19.8 Å². The lowest BCUT2D eigenvalue weighted by Crippen LogP contribution is -2.20. The van der Waals surface area contributed by atoms with E-state index in [4.69, 9.17) is 8.54 Å². The van der Waals surface area contributed by atoms with E-state index < -0.39 is 9.28 Å². The van der Waals surface area contributed by atoms with Gasteiger partial charge in [-0.3, -0.25) is 0 Å². The highest BCUT2D eigenvalue weighted by molar-refractivity contribution is 6.48. The minimum atomic E-state index is -1.15. The van der Waals surface area contributed by atoms with E-state index in [0.29, 0.717) is 0 Å². The van der Waals surface area contributed by atoms with Crippen molar-refractivity contribution in [1.29, 1.82) is 0 Å². The molecule has 0 radical (unpaired) electrons. The third kappa shape index (κ3) is 4.83. The van der Waals surface area contributed by atoms with Crippen molar-refractivity contribution in [2.75, 3.05) is 6.61 Å². The number of hydrogen-bond donors (Lipinski definition) is 0. The van der Waals surface area contributed by atoms with Crippen LogP contribution in [-0.2, 0) is 8.54 Å². The zero-order valence-corrected chi connectivity index (χ0v) is 9.67. The maximum atomic E-state index is 5.38. The average molecular weight is 164 g/mol. The minimum Gasteiger partial charge on any atom is -0.447 e. The first kappa shape index (κ1) is 9.35. The molecule has 0 bridgehead atoms. The summed E-state index contributed by atoms with van der Waals surface area (Å²) in [6.45, 7) is 5.01. The van der Waals surface area contributed by atoms with Crippen LogP contribution in [0, 0.1) is 0 Å². The maximum Gasteiger partial charge on any atom is 0.310 e. The van der Waals surface area contributed by atoms with E-state index in [1.54, 1.807) is 0 Å². The van der Waals surface area contributed by atoms with Crippen molar-refractivity contribution in [3.05, 3.63) is 0 Å². The predicted octanol–water partition coefficient (Wildman–Crippen LogP) is -0.0496. The lowest BCUT2D eigenvalue weighted by Gasteiger charge is -2.11. The molecule has 0 aliphatic carbocycles. The summed E-state index contributed by atoms with van der Waals surface area (Å²) in [6.07, 6.45) is 1.19. The van der Waals surface area contributed by atoms with E-state index in [-0.39, 0.29) is 0 Å². The molecule has 0 amide bonds. The molecule has 0 aromatic rings. The van der Waals surface area contributed by atoms with Gasteiger partial charge in [0, 0.05) is 6.61 Å². The van der Waals surface area contributed by atoms with Crippen molar-refractivity contribution in [3.63, 3.8) is 0 Å². The molecule has 1 atom stereocenters. The summed E-state index contributed by atoms with van der Waals surface area (Å²) in [6, 6.07) is 1.16. The van der Waals surface area contributed by atoms with Crippen LogP contribution in [0.2, 0.25) is 6.04 Å². The fourth-order valence-electron chi connectivity index (χ4n) is 0.691. The van der Waals surface area contributed by atoms with Crippen molar-refractivity contribution < 1.29 is 8.54 Å². The third-order valence-corrected chi connectivity index (χ3v) is 5.00. The smallest absolute Gasteiger partial charge is 0.310 e. The Labute approximate surface area is 61.9 Å². The summed E-state index contributed by atoms with van der Waals surface area (Å²) in [5, 5.41) is 0. The molecule has 9 heavy (non-hydrogen) atoms. The Morgan fingerprint density at radius 1 is 1.44 bits per heavy atom. The third-order valence-electron chi connectivity index (χ3n) is 1.14. The minimum absolute atomic E-state index is 0.819. The Hall–Kier alpha value is 0.354. The van der Waals surface area contributed by atoms with Gasteiger partial charge in [0.2, 0.25) is 0 Å².